The average molecular weight is 313 g/mol. The third kappa shape index (κ3) is 3.45. The van der Waals surface area contributed by atoms with Crippen LogP contribution in [-0.2, 0) is 4.79 Å². The lowest BCUT2D eigenvalue weighted by Crippen LogP contribution is -2.51. The number of carbonyl (C=O) groups is 1. The highest BCUT2D eigenvalue weighted by Crippen LogP contribution is 2.32. The summed E-state index contributed by atoms with van der Waals surface area (Å²) in [5, 5.41) is 2.99. The second kappa shape index (κ2) is 6.16. The number of nitrogens with zero attached hydrogens (tertiary/aromatic N) is 1. The molecule has 1 aliphatic carbocycles. The molecule has 1 fully saturated rings. The van der Waals surface area contributed by atoms with E-state index in [1.807, 2.05) is 38.1 Å². The van der Waals surface area contributed by atoms with Crippen molar-refractivity contribution in [1.82, 2.24) is 4.98 Å². The maximum Gasteiger partial charge on any atom is 0.229 e. The van der Waals surface area contributed by atoms with Crippen molar-refractivity contribution in [2.75, 3.05) is 5.32 Å². The van der Waals surface area contributed by atoms with Gasteiger partial charge in [0.2, 0.25) is 5.91 Å². The van der Waals surface area contributed by atoms with Crippen LogP contribution in [-0.4, -0.2) is 16.4 Å². The first-order valence-electron chi connectivity index (χ1n) is 8.08. The Morgan fingerprint density at radius 3 is 2.70 bits per heavy atom. The van der Waals surface area contributed by atoms with E-state index in [1.165, 1.54) is 0 Å². The number of hydrogen-bond donors (Lipinski definition) is 2. The summed E-state index contributed by atoms with van der Waals surface area (Å²) in [6.07, 6.45) is 5.62. The normalized spacial score (nSPS) is 24.4. The van der Waals surface area contributed by atoms with Crippen molar-refractivity contribution in [3.63, 3.8) is 0 Å². The minimum Gasteiger partial charge on any atom is -0.441 e. The third-order valence-electron chi connectivity index (χ3n) is 4.63. The fourth-order valence-corrected chi connectivity index (χ4v) is 3.23. The molecule has 0 spiro atoms. The van der Waals surface area contributed by atoms with E-state index < -0.39 is 5.54 Å². The molecule has 1 heterocycles. The van der Waals surface area contributed by atoms with E-state index in [0.717, 1.165) is 42.7 Å². The highest BCUT2D eigenvalue weighted by Gasteiger charge is 2.37. The van der Waals surface area contributed by atoms with Crippen LogP contribution in [0.1, 0.15) is 38.5 Å². The molecule has 3 rings (SSSR count). The fourth-order valence-electron chi connectivity index (χ4n) is 3.23. The molecule has 1 saturated carbocycles. The van der Waals surface area contributed by atoms with Crippen LogP contribution in [0.15, 0.2) is 34.9 Å². The molecule has 0 saturated heterocycles. The van der Waals surface area contributed by atoms with Crippen molar-refractivity contribution in [2.45, 2.75) is 45.1 Å². The SMILES string of the molecule is Cc1ncc(-c2ccc(NC(=O)C3CCCCC3(C)N)cc2)o1. The number of aromatic nitrogens is 1. The number of carbonyl (C=O) groups excluding carboxylic acids is 1. The van der Waals surface area contributed by atoms with Crippen molar-refractivity contribution in [3.05, 3.63) is 36.4 Å². The number of hydrogen-bond acceptors (Lipinski definition) is 4. The number of nitrogens with one attached hydrogen (secondary N) is 1. The Balaban J connectivity index is 1.69. The Bertz CT molecular complexity index is 689. The summed E-state index contributed by atoms with van der Waals surface area (Å²) in [5.74, 6) is 1.24. The summed E-state index contributed by atoms with van der Waals surface area (Å²) in [6.45, 7) is 3.79. The predicted octanol–water partition coefficient (Wildman–Crippen LogP) is 3.50. The summed E-state index contributed by atoms with van der Waals surface area (Å²) in [6, 6.07) is 7.58. The zero-order valence-corrected chi connectivity index (χ0v) is 13.6. The summed E-state index contributed by atoms with van der Waals surface area (Å²) >= 11 is 0. The van der Waals surface area contributed by atoms with Gasteiger partial charge in [-0.05, 0) is 44.0 Å². The number of oxazole rings is 1. The molecule has 2 unspecified atom stereocenters. The van der Waals surface area contributed by atoms with Gasteiger partial charge >= 0.3 is 0 Å². The van der Waals surface area contributed by atoms with Crippen LogP contribution in [0.25, 0.3) is 11.3 Å². The lowest BCUT2D eigenvalue weighted by molar-refractivity contribution is -0.122. The van der Waals surface area contributed by atoms with Gasteiger partial charge in [0.05, 0.1) is 12.1 Å². The van der Waals surface area contributed by atoms with E-state index in [9.17, 15) is 4.79 Å². The van der Waals surface area contributed by atoms with Gasteiger partial charge in [-0.2, -0.15) is 0 Å². The number of aryl methyl sites for hydroxylation is 1. The molecular weight excluding hydrogens is 290 g/mol. The van der Waals surface area contributed by atoms with Crippen LogP contribution in [0.5, 0.6) is 0 Å². The minimum atomic E-state index is -0.417. The van der Waals surface area contributed by atoms with E-state index in [1.54, 1.807) is 6.20 Å². The fraction of sp³-hybridized carbons (Fsp3) is 0.444. The average Bonchev–Trinajstić information content (AvgIpc) is 2.94. The van der Waals surface area contributed by atoms with E-state index in [0.29, 0.717) is 5.89 Å². The van der Waals surface area contributed by atoms with Crippen LogP contribution >= 0.6 is 0 Å². The zero-order chi connectivity index (χ0) is 16.4. The molecule has 2 aromatic rings. The van der Waals surface area contributed by atoms with Crippen molar-refractivity contribution < 1.29 is 9.21 Å². The van der Waals surface area contributed by atoms with Gasteiger partial charge in [-0.25, -0.2) is 4.98 Å². The van der Waals surface area contributed by atoms with Crippen LogP contribution in [0.4, 0.5) is 5.69 Å². The van der Waals surface area contributed by atoms with E-state index in [2.05, 4.69) is 10.3 Å². The number of rotatable bonds is 3. The molecule has 2 atom stereocenters. The van der Waals surface area contributed by atoms with Crippen molar-refractivity contribution in [1.29, 1.82) is 0 Å². The van der Waals surface area contributed by atoms with E-state index in [-0.39, 0.29) is 11.8 Å². The summed E-state index contributed by atoms with van der Waals surface area (Å²) in [7, 11) is 0. The van der Waals surface area contributed by atoms with Gasteiger partial charge in [-0.1, -0.05) is 12.8 Å². The second-order valence-electron chi connectivity index (χ2n) is 6.61. The molecule has 5 heteroatoms. The molecule has 1 aromatic carbocycles. The van der Waals surface area contributed by atoms with Crippen molar-refractivity contribution in [3.8, 4) is 11.3 Å². The Kier molecular flexibility index (Phi) is 4.22. The van der Waals surface area contributed by atoms with E-state index >= 15 is 0 Å². The number of nitrogens with two attached hydrogens (primary N) is 1. The largest absolute Gasteiger partial charge is 0.441 e. The van der Waals surface area contributed by atoms with Gasteiger partial charge in [-0.15, -0.1) is 0 Å². The van der Waals surface area contributed by atoms with Gasteiger partial charge in [0, 0.05) is 23.7 Å². The Hall–Kier alpha value is -2.14. The maximum absolute atomic E-state index is 12.5. The maximum atomic E-state index is 12.5. The number of amides is 1. The molecule has 1 amide bonds. The smallest absolute Gasteiger partial charge is 0.229 e. The molecule has 3 N–H and O–H groups in total. The first kappa shape index (κ1) is 15.7. The van der Waals surface area contributed by atoms with Crippen LogP contribution in [0.3, 0.4) is 0 Å². The molecule has 1 aliphatic rings. The molecule has 1 aromatic heterocycles. The van der Waals surface area contributed by atoms with Crippen LogP contribution in [0, 0.1) is 12.8 Å². The van der Waals surface area contributed by atoms with Gasteiger partial charge in [0.25, 0.3) is 0 Å². The molecule has 0 radical (unpaired) electrons. The summed E-state index contributed by atoms with van der Waals surface area (Å²) in [4.78, 5) is 16.6. The molecule has 0 aliphatic heterocycles. The molecular formula is C18H23N3O2. The Labute approximate surface area is 136 Å². The van der Waals surface area contributed by atoms with Gasteiger partial charge in [-0.3, -0.25) is 4.79 Å². The molecule has 5 nitrogen and oxygen atoms in total. The Morgan fingerprint density at radius 2 is 2.09 bits per heavy atom. The number of anilines is 1. The van der Waals surface area contributed by atoms with Gasteiger partial charge in [0.1, 0.15) is 0 Å². The van der Waals surface area contributed by atoms with E-state index in [4.69, 9.17) is 10.2 Å². The van der Waals surface area contributed by atoms with Crippen molar-refractivity contribution >= 4 is 11.6 Å². The second-order valence-corrected chi connectivity index (χ2v) is 6.61. The predicted molar refractivity (Wildman–Crippen MR) is 89.9 cm³/mol. The molecule has 23 heavy (non-hydrogen) atoms. The summed E-state index contributed by atoms with van der Waals surface area (Å²) < 4.78 is 5.50. The highest BCUT2D eigenvalue weighted by molar-refractivity contribution is 5.93. The minimum absolute atomic E-state index is 0.0120. The zero-order valence-electron chi connectivity index (χ0n) is 13.6. The van der Waals surface area contributed by atoms with Crippen molar-refractivity contribution in [2.24, 2.45) is 11.7 Å². The lowest BCUT2D eigenvalue weighted by atomic mass is 9.74. The van der Waals surface area contributed by atoms with Crippen LogP contribution < -0.4 is 11.1 Å². The monoisotopic (exact) mass is 313 g/mol. The third-order valence-corrected chi connectivity index (χ3v) is 4.63. The first-order valence-corrected chi connectivity index (χ1v) is 8.08. The first-order chi connectivity index (χ1) is 11.0. The van der Waals surface area contributed by atoms with Crippen LogP contribution in [0.2, 0.25) is 0 Å². The topological polar surface area (TPSA) is 81.2 Å². The quantitative estimate of drug-likeness (QED) is 0.908. The Morgan fingerprint density at radius 1 is 1.35 bits per heavy atom. The highest BCUT2D eigenvalue weighted by atomic mass is 16.4. The van der Waals surface area contributed by atoms with Gasteiger partial charge in [0.15, 0.2) is 11.7 Å². The molecule has 122 valence electrons. The molecule has 0 bridgehead atoms. The lowest BCUT2D eigenvalue weighted by Gasteiger charge is -2.37. The number of benzene rings is 1. The van der Waals surface area contributed by atoms with Gasteiger partial charge < -0.3 is 15.5 Å². The summed E-state index contributed by atoms with van der Waals surface area (Å²) in [5.41, 5.74) is 7.59. The standard InChI is InChI=1S/C18H23N3O2/c1-12-20-11-16(23-12)13-6-8-14(9-7-13)21-17(22)15-5-3-4-10-18(15,2)19/h6-9,11,15H,3-5,10,19H2,1-2H3,(H,21,22).